The molecule has 5 N–H and O–H groups in total. The summed E-state index contributed by atoms with van der Waals surface area (Å²) in [4.78, 5) is 35.0. The highest BCUT2D eigenvalue weighted by atomic mass is 16.6. The first kappa shape index (κ1) is 22.0. The summed E-state index contributed by atoms with van der Waals surface area (Å²) in [6.45, 7) is 0.318. The first-order valence-corrected chi connectivity index (χ1v) is 9.02. The van der Waals surface area contributed by atoms with Gasteiger partial charge in [0.2, 0.25) is 5.54 Å². The molecule has 2 rings (SSSR count). The molecule has 2 aromatic rings. The zero-order valence-corrected chi connectivity index (χ0v) is 15.7. The number of nitro benzene ring substituents is 1. The van der Waals surface area contributed by atoms with Gasteiger partial charge in [-0.25, -0.2) is 9.59 Å². The van der Waals surface area contributed by atoms with Crippen molar-refractivity contribution in [3.63, 3.8) is 0 Å². The molecule has 2 aromatic carbocycles. The Morgan fingerprint density at radius 1 is 1.14 bits per heavy atom. The molecule has 0 radical (unpaired) electrons. The van der Waals surface area contributed by atoms with Crippen molar-refractivity contribution in [2.24, 2.45) is 17.4 Å². The van der Waals surface area contributed by atoms with Gasteiger partial charge < -0.3 is 21.3 Å². The smallest absolute Gasteiger partial charge is 0.343 e. The van der Waals surface area contributed by atoms with E-state index < -0.39 is 28.3 Å². The number of carboxylic acids is 1. The molecule has 0 fully saturated rings. The number of hydrogen-bond acceptors (Lipinski definition) is 7. The number of non-ortho nitro benzene ring substituents is 1. The second-order valence-corrected chi connectivity index (χ2v) is 6.63. The molecule has 0 saturated heterocycles. The number of nitrogens with two attached hydrogens (primary N) is 2. The molecular formula is C20H23N3O6. The van der Waals surface area contributed by atoms with Crippen LogP contribution in [0, 0.1) is 16.0 Å². The van der Waals surface area contributed by atoms with Crippen molar-refractivity contribution >= 4 is 17.6 Å². The summed E-state index contributed by atoms with van der Waals surface area (Å²) in [5, 5.41) is 20.5. The van der Waals surface area contributed by atoms with Crippen LogP contribution in [0.1, 0.15) is 18.4 Å². The summed E-state index contributed by atoms with van der Waals surface area (Å²) in [5.74, 6) is -3.45. The number of hydrogen-bond donors (Lipinski definition) is 3. The number of nitrogens with zero attached hydrogens (tertiary/aromatic N) is 1. The van der Waals surface area contributed by atoms with E-state index in [1.54, 1.807) is 0 Å². The Balaban J connectivity index is 2.29. The van der Waals surface area contributed by atoms with Crippen molar-refractivity contribution in [2.45, 2.75) is 24.8 Å². The van der Waals surface area contributed by atoms with E-state index >= 15 is 0 Å². The van der Waals surface area contributed by atoms with Crippen LogP contribution >= 0.6 is 0 Å². The van der Waals surface area contributed by atoms with Crippen molar-refractivity contribution in [1.82, 2.24) is 0 Å². The Hall–Kier alpha value is -3.30. The van der Waals surface area contributed by atoms with Crippen molar-refractivity contribution in [3.05, 3.63) is 70.3 Å². The van der Waals surface area contributed by atoms with Crippen molar-refractivity contribution in [2.75, 3.05) is 6.54 Å². The molecule has 0 heterocycles. The highest BCUT2D eigenvalue weighted by molar-refractivity contribution is 6.05. The average Bonchev–Trinajstić information content (AvgIpc) is 2.71. The van der Waals surface area contributed by atoms with Crippen molar-refractivity contribution in [1.29, 1.82) is 0 Å². The molecule has 0 aliphatic heterocycles. The van der Waals surface area contributed by atoms with Gasteiger partial charge >= 0.3 is 11.9 Å². The van der Waals surface area contributed by atoms with Crippen LogP contribution in [0.5, 0.6) is 5.75 Å². The minimum atomic E-state index is -2.31. The second-order valence-electron chi connectivity index (χ2n) is 6.63. The molecule has 29 heavy (non-hydrogen) atoms. The maximum atomic E-state index is 12.8. The molecule has 0 aliphatic carbocycles. The number of nitro groups is 1. The predicted molar refractivity (Wildman–Crippen MR) is 105 cm³/mol. The summed E-state index contributed by atoms with van der Waals surface area (Å²) < 4.78 is 5.18. The molecule has 0 aliphatic rings. The highest BCUT2D eigenvalue weighted by Crippen LogP contribution is 2.28. The number of rotatable bonds is 10. The number of benzene rings is 2. The highest BCUT2D eigenvalue weighted by Gasteiger charge is 2.50. The number of carbonyl (C=O) groups is 2. The van der Waals surface area contributed by atoms with E-state index in [4.69, 9.17) is 16.2 Å². The third-order valence-corrected chi connectivity index (χ3v) is 4.68. The Labute approximate surface area is 167 Å². The van der Waals surface area contributed by atoms with Gasteiger partial charge in [0.05, 0.1) is 4.92 Å². The zero-order chi connectivity index (χ0) is 21.4. The third-order valence-electron chi connectivity index (χ3n) is 4.68. The van der Waals surface area contributed by atoms with E-state index in [-0.39, 0.29) is 17.9 Å². The van der Waals surface area contributed by atoms with Crippen LogP contribution in [0.2, 0.25) is 0 Å². The molecule has 0 aromatic heterocycles. The Morgan fingerprint density at radius 3 is 2.28 bits per heavy atom. The molecule has 0 spiro atoms. The van der Waals surface area contributed by atoms with Gasteiger partial charge in [0.1, 0.15) is 5.75 Å². The predicted octanol–water partition coefficient (Wildman–Crippen LogP) is 1.88. The van der Waals surface area contributed by atoms with Gasteiger partial charge in [0.15, 0.2) is 0 Å². The molecular weight excluding hydrogens is 378 g/mol. The van der Waals surface area contributed by atoms with E-state index in [1.165, 1.54) is 12.1 Å². The third kappa shape index (κ3) is 5.37. The number of aliphatic carboxylic acids is 1. The second kappa shape index (κ2) is 9.76. The molecule has 2 atom stereocenters. The lowest BCUT2D eigenvalue weighted by Crippen LogP contribution is -2.62. The van der Waals surface area contributed by atoms with Gasteiger partial charge in [-0.05, 0) is 43.5 Å². The lowest BCUT2D eigenvalue weighted by atomic mass is 9.77. The molecule has 9 heteroatoms. The van der Waals surface area contributed by atoms with Crippen LogP contribution < -0.4 is 16.2 Å². The van der Waals surface area contributed by atoms with Gasteiger partial charge in [-0.1, -0.05) is 30.3 Å². The normalized spacial score (nSPS) is 13.9. The van der Waals surface area contributed by atoms with Gasteiger partial charge in [0, 0.05) is 18.1 Å². The van der Waals surface area contributed by atoms with Gasteiger partial charge in [0.25, 0.3) is 5.69 Å². The van der Waals surface area contributed by atoms with Crippen LogP contribution in [-0.2, 0) is 16.0 Å². The number of carboxylic acid groups (broad SMARTS) is 1. The summed E-state index contributed by atoms with van der Waals surface area (Å²) >= 11 is 0. The van der Waals surface area contributed by atoms with E-state index in [1.807, 2.05) is 30.3 Å². The molecule has 154 valence electrons. The molecule has 0 amide bonds. The zero-order valence-electron chi connectivity index (χ0n) is 15.7. The minimum Gasteiger partial charge on any atom is -0.479 e. The fourth-order valence-electron chi connectivity index (χ4n) is 3.01. The summed E-state index contributed by atoms with van der Waals surface area (Å²) in [7, 11) is 0. The fraction of sp³-hybridized carbons (Fsp3) is 0.300. The summed E-state index contributed by atoms with van der Waals surface area (Å²) in [6.07, 6.45) is 1.04. The van der Waals surface area contributed by atoms with E-state index in [2.05, 4.69) is 0 Å². The maximum absolute atomic E-state index is 12.8. The lowest BCUT2D eigenvalue weighted by Gasteiger charge is -2.31. The summed E-state index contributed by atoms with van der Waals surface area (Å²) in [5.41, 5.74) is 10.0. The van der Waals surface area contributed by atoms with Crippen molar-refractivity contribution in [3.8, 4) is 5.75 Å². The number of esters is 1. The van der Waals surface area contributed by atoms with E-state index in [9.17, 15) is 24.8 Å². The molecule has 1 unspecified atom stereocenters. The monoisotopic (exact) mass is 401 g/mol. The first-order valence-electron chi connectivity index (χ1n) is 9.02. The maximum Gasteiger partial charge on any atom is 0.343 e. The quantitative estimate of drug-likeness (QED) is 0.179. The van der Waals surface area contributed by atoms with Crippen LogP contribution in [0.3, 0.4) is 0 Å². The Morgan fingerprint density at radius 2 is 1.76 bits per heavy atom. The van der Waals surface area contributed by atoms with Gasteiger partial charge in [-0.15, -0.1) is 0 Å². The van der Waals surface area contributed by atoms with Crippen LogP contribution in [0.15, 0.2) is 54.6 Å². The topological polar surface area (TPSA) is 159 Å². The van der Waals surface area contributed by atoms with Crippen LogP contribution in [0.4, 0.5) is 5.69 Å². The minimum absolute atomic E-state index is 0.0334. The average molecular weight is 401 g/mol. The first-order chi connectivity index (χ1) is 13.8. The number of carbonyl (C=O) groups excluding carboxylic acids is 1. The molecule has 0 bridgehead atoms. The van der Waals surface area contributed by atoms with E-state index in [0.717, 1.165) is 17.7 Å². The van der Waals surface area contributed by atoms with Crippen LogP contribution in [0.25, 0.3) is 0 Å². The Kier molecular flexibility index (Phi) is 7.40. The SMILES string of the molecule is NCCCC(Cc1ccccc1)[C@@](N)(C(=O)O)C(=O)Oc1ccc([N+](=O)[O-])cc1. The molecule has 0 saturated carbocycles. The lowest BCUT2D eigenvalue weighted by molar-refractivity contribution is -0.384. The largest absolute Gasteiger partial charge is 0.479 e. The van der Waals surface area contributed by atoms with Crippen molar-refractivity contribution < 1.29 is 24.4 Å². The van der Waals surface area contributed by atoms with Gasteiger partial charge in [-0.3, -0.25) is 10.1 Å². The number of ether oxygens (including phenoxy) is 1. The van der Waals surface area contributed by atoms with E-state index in [0.29, 0.717) is 19.4 Å². The Bertz CT molecular complexity index is 856. The summed E-state index contributed by atoms with van der Waals surface area (Å²) in [6, 6.07) is 13.8. The molecule has 9 nitrogen and oxygen atoms in total. The standard InChI is InChI=1S/C20H23N3O6/c21-12-4-7-15(13-14-5-2-1-3-6-14)20(22,18(24)25)19(26)29-17-10-8-16(9-11-17)23(27)28/h1-3,5-6,8-11,15H,4,7,12-13,21-22H2,(H,24,25)/t15?,20-/m1/s1. The van der Waals surface area contributed by atoms with Crippen LogP contribution in [-0.4, -0.2) is 34.1 Å². The van der Waals surface area contributed by atoms with Gasteiger partial charge in [-0.2, -0.15) is 0 Å². The fourth-order valence-corrected chi connectivity index (χ4v) is 3.01.